The van der Waals surface area contributed by atoms with Crippen LogP contribution in [0.5, 0.6) is 11.5 Å². The van der Waals surface area contributed by atoms with Crippen molar-refractivity contribution in [3.05, 3.63) is 23.9 Å². The predicted molar refractivity (Wildman–Crippen MR) is 66.0 cm³/mol. The van der Waals surface area contributed by atoms with Gasteiger partial charge in [-0.2, -0.15) is 0 Å². The highest BCUT2D eigenvalue weighted by molar-refractivity contribution is 6.08. The largest absolute Gasteiger partial charge is 0.497 e. The number of fused-ring (bicyclic) bond motifs is 1. The van der Waals surface area contributed by atoms with Gasteiger partial charge in [0, 0.05) is 30.3 Å². The topological polar surface area (TPSA) is 40.5 Å². The Hall–Kier alpha value is -1.97. The molecule has 0 aliphatic heterocycles. The molecule has 4 heteroatoms. The Bertz CT molecular complexity index is 584. The average molecular weight is 233 g/mol. The van der Waals surface area contributed by atoms with E-state index in [4.69, 9.17) is 9.47 Å². The van der Waals surface area contributed by atoms with Crippen molar-refractivity contribution in [1.29, 1.82) is 0 Å². The number of aryl methyl sites for hydroxylation is 1. The summed E-state index contributed by atoms with van der Waals surface area (Å²) in [6.45, 7) is 1.56. The van der Waals surface area contributed by atoms with Gasteiger partial charge < -0.3 is 14.0 Å². The summed E-state index contributed by atoms with van der Waals surface area (Å²) in [6, 6.07) is 3.67. The first-order chi connectivity index (χ1) is 8.08. The van der Waals surface area contributed by atoms with E-state index in [1.807, 2.05) is 29.9 Å². The Morgan fingerprint density at radius 1 is 1.24 bits per heavy atom. The summed E-state index contributed by atoms with van der Waals surface area (Å²) in [7, 11) is 5.09. The normalized spacial score (nSPS) is 10.6. The van der Waals surface area contributed by atoms with E-state index < -0.39 is 0 Å². The van der Waals surface area contributed by atoms with Crippen molar-refractivity contribution in [1.82, 2.24) is 4.57 Å². The minimum absolute atomic E-state index is 0.0332. The van der Waals surface area contributed by atoms with E-state index in [9.17, 15) is 4.79 Å². The van der Waals surface area contributed by atoms with Gasteiger partial charge in [0.1, 0.15) is 11.5 Å². The van der Waals surface area contributed by atoms with Gasteiger partial charge in [0.25, 0.3) is 0 Å². The second kappa shape index (κ2) is 4.13. The molecule has 0 bridgehead atoms. The molecule has 0 saturated carbocycles. The quantitative estimate of drug-likeness (QED) is 0.764. The zero-order valence-corrected chi connectivity index (χ0v) is 10.4. The third-order valence-electron chi connectivity index (χ3n) is 2.85. The van der Waals surface area contributed by atoms with Crippen LogP contribution in [0.4, 0.5) is 0 Å². The van der Waals surface area contributed by atoms with Crippen LogP contribution in [0.3, 0.4) is 0 Å². The van der Waals surface area contributed by atoms with Crippen molar-refractivity contribution >= 4 is 16.7 Å². The van der Waals surface area contributed by atoms with Crippen LogP contribution in [0, 0.1) is 0 Å². The first-order valence-electron chi connectivity index (χ1n) is 5.30. The van der Waals surface area contributed by atoms with Crippen LogP contribution in [0.1, 0.15) is 17.3 Å². The molecule has 0 fully saturated rings. The summed E-state index contributed by atoms with van der Waals surface area (Å²) < 4.78 is 12.4. The molecular weight excluding hydrogens is 218 g/mol. The molecule has 0 radical (unpaired) electrons. The maximum atomic E-state index is 11.6. The molecule has 0 saturated heterocycles. The lowest BCUT2D eigenvalue weighted by molar-refractivity contribution is 0.101. The number of rotatable bonds is 3. The minimum Gasteiger partial charge on any atom is -0.497 e. The summed E-state index contributed by atoms with van der Waals surface area (Å²) in [6.07, 6.45) is 1.81. The molecule has 0 N–H and O–H groups in total. The SMILES string of the molecule is COc1cc(OC)c2c(c1)c(C(C)=O)cn2C. The molecule has 0 aliphatic carbocycles. The third kappa shape index (κ3) is 1.75. The molecule has 17 heavy (non-hydrogen) atoms. The van der Waals surface area contributed by atoms with Crippen LogP contribution in [0.15, 0.2) is 18.3 Å². The van der Waals surface area contributed by atoms with E-state index in [-0.39, 0.29) is 5.78 Å². The molecule has 0 atom stereocenters. The number of Topliss-reactive ketones (excluding diaryl/α,β-unsaturated/α-hetero) is 1. The summed E-state index contributed by atoms with van der Waals surface area (Å²) in [5.74, 6) is 1.42. The molecule has 2 rings (SSSR count). The van der Waals surface area contributed by atoms with Gasteiger partial charge in [-0.15, -0.1) is 0 Å². The Labute approximate surface area is 99.7 Å². The molecule has 0 unspecified atom stereocenters. The highest BCUT2D eigenvalue weighted by Crippen LogP contribution is 2.34. The molecule has 4 nitrogen and oxygen atoms in total. The van der Waals surface area contributed by atoms with Crippen LogP contribution in [-0.2, 0) is 7.05 Å². The highest BCUT2D eigenvalue weighted by Gasteiger charge is 2.15. The number of nitrogens with zero attached hydrogens (tertiary/aromatic N) is 1. The standard InChI is InChI=1S/C13H15NO3/c1-8(15)11-7-14(2)13-10(11)5-9(16-3)6-12(13)17-4/h5-7H,1-4H3. The summed E-state index contributed by atoms with van der Waals surface area (Å²) in [4.78, 5) is 11.6. The Morgan fingerprint density at radius 2 is 1.94 bits per heavy atom. The monoisotopic (exact) mass is 233 g/mol. The van der Waals surface area contributed by atoms with E-state index in [2.05, 4.69) is 0 Å². The van der Waals surface area contributed by atoms with Crippen molar-refractivity contribution in [2.45, 2.75) is 6.92 Å². The smallest absolute Gasteiger partial charge is 0.161 e. The molecule has 1 aromatic carbocycles. The molecule has 0 amide bonds. The Morgan fingerprint density at radius 3 is 2.47 bits per heavy atom. The number of hydrogen-bond donors (Lipinski definition) is 0. The number of carbonyl (C=O) groups excluding carboxylic acids is 1. The first kappa shape index (κ1) is 11.5. The number of methoxy groups -OCH3 is 2. The molecule has 1 heterocycles. The van der Waals surface area contributed by atoms with Gasteiger partial charge in [-0.25, -0.2) is 0 Å². The van der Waals surface area contributed by atoms with Crippen LogP contribution >= 0.6 is 0 Å². The van der Waals surface area contributed by atoms with E-state index in [0.717, 1.165) is 10.9 Å². The zero-order valence-electron chi connectivity index (χ0n) is 10.4. The van der Waals surface area contributed by atoms with Gasteiger partial charge in [0.2, 0.25) is 0 Å². The second-order valence-corrected chi connectivity index (χ2v) is 3.94. The Balaban J connectivity index is 2.86. The lowest BCUT2D eigenvalue weighted by Gasteiger charge is -2.07. The van der Waals surface area contributed by atoms with E-state index in [1.54, 1.807) is 21.1 Å². The molecular formula is C13H15NO3. The third-order valence-corrected chi connectivity index (χ3v) is 2.85. The van der Waals surface area contributed by atoms with Crippen molar-refractivity contribution in [3.63, 3.8) is 0 Å². The van der Waals surface area contributed by atoms with Crippen molar-refractivity contribution in [3.8, 4) is 11.5 Å². The molecule has 1 aromatic heterocycles. The maximum absolute atomic E-state index is 11.6. The number of benzene rings is 1. The Kier molecular flexibility index (Phi) is 2.79. The second-order valence-electron chi connectivity index (χ2n) is 3.94. The van der Waals surface area contributed by atoms with Gasteiger partial charge in [0.15, 0.2) is 5.78 Å². The maximum Gasteiger partial charge on any atom is 0.161 e. The van der Waals surface area contributed by atoms with Crippen LogP contribution < -0.4 is 9.47 Å². The molecule has 0 aliphatic rings. The average Bonchev–Trinajstić information content (AvgIpc) is 2.66. The first-order valence-corrected chi connectivity index (χ1v) is 5.30. The summed E-state index contributed by atoms with van der Waals surface area (Å²) >= 11 is 0. The number of hydrogen-bond acceptors (Lipinski definition) is 3. The predicted octanol–water partition coefficient (Wildman–Crippen LogP) is 2.40. The fraction of sp³-hybridized carbons (Fsp3) is 0.308. The fourth-order valence-corrected chi connectivity index (χ4v) is 2.03. The summed E-state index contributed by atoms with van der Waals surface area (Å²) in [5, 5.41) is 0.858. The number of ether oxygens (including phenoxy) is 2. The summed E-state index contributed by atoms with van der Waals surface area (Å²) in [5.41, 5.74) is 1.58. The van der Waals surface area contributed by atoms with Crippen molar-refractivity contribution in [2.24, 2.45) is 7.05 Å². The van der Waals surface area contributed by atoms with E-state index in [0.29, 0.717) is 17.1 Å². The van der Waals surface area contributed by atoms with Crippen molar-refractivity contribution < 1.29 is 14.3 Å². The van der Waals surface area contributed by atoms with Gasteiger partial charge >= 0.3 is 0 Å². The number of carbonyl (C=O) groups is 1. The molecule has 2 aromatic rings. The van der Waals surface area contributed by atoms with Gasteiger partial charge in [-0.3, -0.25) is 4.79 Å². The van der Waals surface area contributed by atoms with E-state index >= 15 is 0 Å². The van der Waals surface area contributed by atoms with Crippen LogP contribution in [0.2, 0.25) is 0 Å². The van der Waals surface area contributed by atoms with Gasteiger partial charge in [-0.1, -0.05) is 0 Å². The van der Waals surface area contributed by atoms with E-state index in [1.165, 1.54) is 0 Å². The van der Waals surface area contributed by atoms with Gasteiger partial charge in [-0.05, 0) is 13.0 Å². The number of ketones is 1. The van der Waals surface area contributed by atoms with Gasteiger partial charge in [0.05, 0.1) is 19.7 Å². The lowest BCUT2D eigenvalue weighted by atomic mass is 10.1. The van der Waals surface area contributed by atoms with Crippen LogP contribution in [0.25, 0.3) is 10.9 Å². The molecule has 90 valence electrons. The highest BCUT2D eigenvalue weighted by atomic mass is 16.5. The van der Waals surface area contributed by atoms with Crippen LogP contribution in [-0.4, -0.2) is 24.6 Å². The van der Waals surface area contributed by atoms with Crippen molar-refractivity contribution in [2.75, 3.05) is 14.2 Å². The minimum atomic E-state index is 0.0332. The molecule has 0 spiro atoms. The zero-order chi connectivity index (χ0) is 12.6. The fourth-order valence-electron chi connectivity index (χ4n) is 2.03. The number of aromatic nitrogens is 1. The lowest BCUT2D eigenvalue weighted by Crippen LogP contribution is -1.92.